The van der Waals surface area contributed by atoms with E-state index in [0.717, 1.165) is 36.1 Å². The smallest absolute Gasteiger partial charge is 0.255 e. The van der Waals surface area contributed by atoms with E-state index in [1.54, 1.807) is 4.90 Å². The van der Waals surface area contributed by atoms with Gasteiger partial charge in [-0.25, -0.2) is 0 Å². The van der Waals surface area contributed by atoms with Gasteiger partial charge in [-0.1, -0.05) is 18.2 Å². The van der Waals surface area contributed by atoms with Gasteiger partial charge < -0.3 is 10.6 Å². The molecule has 0 saturated carbocycles. The Morgan fingerprint density at radius 2 is 1.82 bits per heavy atom. The lowest BCUT2D eigenvalue weighted by molar-refractivity contribution is -0.136. The number of nitrogens with two attached hydrogens (primary N) is 1. The molecule has 4 heterocycles. The van der Waals surface area contributed by atoms with Gasteiger partial charge in [0.25, 0.3) is 5.91 Å². The molecule has 4 aliphatic rings. The number of imide groups is 1. The van der Waals surface area contributed by atoms with E-state index in [1.807, 2.05) is 18.2 Å². The SMILES string of the molecule is NC1C[C@H]2CC[C@@H](C1)N2Cc1cccc2c1C(=O)N(C1CCC(=O)NC1=O)C2. The second kappa shape index (κ2) is 6.67. The van der Waals surface area contributed by atoms with E-state index in [9.17, 15) is 14.4 Å². The van der Waals surface area contributed by atoms with E-state index in [1.165, 1.54) is 12.8 Å². The van der Waals surface area contributed by atoms with Gasteiger partial charge in [0.2, 0.25) is 11.8 Å². The highest BCUT2D eigenvalue weighted by atomic mass is 16.2. The van der Waals surface area contributed by atoms with Crippen molar-refractivity contribution in [3.05, 3.63) is 34.9 Å². The molecule has 7 nitrogen and oxygen atoms in total. The predicted molar refractivity (Wildman–Crippen MR) is 102 cm³/mol. The number of hydrogen-bond acceptors (Lipinski definition) is 5. The van der Waals surface area contributed by atoms with Crippen molar-refractivity contribution in [2.45, 2.75) is 75.8 Å². The van der Waals surface area contributed by atoms with Gasteiger partial charge in [0.1, 0.15) is 6.04 Å². The Hall–Kier alpha value is -2.25. The summed E-state index contributed by atoms with van der Waals surface area (Å²) in [6.07, 6.45) is 5.10. The summed E-state index contributed by atoms with van der Waals surface area (Å²) in [5.41, 5.74) is 8.97. The van der Waals surface area contributed by atoms with Crippen LogP contribution in [0.15, 0.2) is 18.2 Å². The Bertz CT molecular complexity index is 840. The number of nitrogens with zero attached hydrogens (tertiary/aromatic N) is 2. The quantitative estimate of drug-likeness (QED) is 0.758. The lowest BCUT2D eigenvalue weighted by atomic mass is 9.96. The van der Waals surface area contributed by atoms with E-state index in [-0.39, 0.29) is 24.1 Å². The number of fused-ring (bicyclic) bond motifs is 3. The van der Waals surface area contributed by atoms with Crippen LogP contribution in [0.25, 0.3) is 0 Å². The van der Waals surface area contributed by atoms with Crippen molar-refractivity contribution in [1.29, 1.82) is 0 Å². The minimum absolute atomic E-state index is 0.0823. The highest BCUT2D eigenvalue weighted by Gasteiger charge is 2.42. The number of piperidine rings is 2. The van der Waals surface area contributed by atoms with Gasteiger partial charge in [-0.15, -0.1) is 0 Å². The molecule has 3 saturated heterocycles. The van der Waals surface area contributed by atoms with Gasteiger partial charge in [0, 0.05) is 43.2 Å². The normalized spacial score (nSPS) is 32.6. The third-order valence-electron chi connectivity index (χ3n) is 6.91. The molecule has 28 heavy (non-hydrogen) atoms. The zero-order chi connectivity index (χ0) is 19.4. The molecular formula is C21H26N4O3. The first-order valence-electron chi connectivity index (χ1n) is 10.3. The molecule has 4 aliphatic heterocycles. The van der Waals surface area contributed by atoms with Crippen molar-refractivity contribution in [3.8, 4) is 0 Å². The summed E-state index contributed by atoms with van der Waals surface area (Å²) in [5.74, 6) is -0.701. The molecule has 3 fully saturated rings. The molecule has 0 aliphatic carbocycles. The molecule has 2 bridgehead atoms. The standard InChI is InChI=1S/C21H26N4O3/c22-14-8-15-4-5-16(9-14)24(15)10-12-2-1-3-13-11-25(21(28)19(12)13)17-6-7-18(26)23-20(17)27/h1-3,14-17H,4-11,22H2,(H,23,26,27)/t14?,15-,16+,17?. The average Bonchev–Trinajstić information content (AvgIpc) is 3.10. The van der Waals surface area contributed by atoms with Crippen LogP contribution in [-0.2, 0) is 22.7 Å². The van der Waals surface area contributed by atoms with Crippen LogP contribution in [-0.4, -0.2) is 51.7 Å². The summed E-state index contributed by atoms with van der Waals surface area (Å²) in [4.78, 5) is 41.1. The van der Waals surface area contributed by atoms with Crippen molar-refractivity contribution < 1.29 is 14.4 Å². The summed E-state index contributed by atoms with van der Waals surface area (Å²) in [6.45, 7) is 1.20. The van der Waals surface area contributed by atoms with Crippen LogP contribution in [0.5, 0.6) is 0 Å². The number of rotatable bonds is 3. The van der Waals surface area contributed by atoms with Crippen molar-refractivity contribution in [2.75, 3.05) is 0 Å². The monoisotopic (exact) mass is 382 g/mol. The van der Waals surface area contributed by atoms with Crippen LogP contribution in [0.3, 0.4) is 0 Å². The first-order valence-corrected chi connectivity index (χ1v) is 10.3. The molecular weight excluding hydrogens is 356 g/mol. The average molecular weight is 382 g/mol. The minimum atomic E-state index is -0.561. The lowest BCUT2D eigenvalue weighted by Gasteiger charge is -2.38. The molecule has 3 amide bonds. The zero-order valence-corrected chi connectivity index (χ0v) is 15.9. The Balaban J connectivity index is 1.39. The Morgan fingerprint density at radius 3 is 2.54 bits per heavy atom. The van der Waals surface area contributed by atoms with Gasteiger partial charge >= 0.3 is 0 Å². The maximum absolute atomic E-state index is 13.2. The van der Waals surface area contributed by atoms with Crippen molar-refractivity contribution in [3.63, 3.8) is 0 Å². The fraction of sp³-hybridized carbons (Fsp3) is 0.571. The van der Waals surface area contributed by atoms with Crippen LogP contribution in [0.4, 0.5) is 0 Å². The molecule has 0 spiro atoms. The number of nitrogens with one attached hydrogen (secondary N) is 1. The zero-order valence-electron chi connectivity index (χ0n) is 15.9. The van der Waals surface area contributed by atoms with E-state index in [4.69, 9.17) is 5.73 Å². The van der Waals surface area contributed by atoms with Crippen molar-refractivity contribution >= 4 is 17.7 Å². The summed E-state index contributed by atoms with van der Waals surface area (Å²) in [6, 6.07) is 6.77. The third kappa shape index (κ3) is 2.84. The molecule has 2 unspecified atom stereocenters. The van der Waals surface area contributed by atoms with E-state index >= 15 is 0 Å². The van der Waals surface area contributed by atoms with Gasteiger partial charge in [-0.2, -0.15) is 0 Å². The van der Waals surface area contributed by atoms with Crippen molar-refractivity contribution in [1.82, 2.24) is 15.1 Å². The molecule has 3 N–H and O–H groups in total. The third-order valence-corrected chi connectivity index (χ3v) is 6.91. The fourth-order valence-electron chi connectivity index (χ4n) is 5.59. The summed E-state index contributed by atoms with van der Waals surface area (Å²) in [5, 5.41) is 2.37. The van der Waals surface area contributed by atoms with Crippen LogP contribution in [0.2, 0.25) is 0 Å². The molecule has 1 aromatic carbocycles. The Kier molecular flexibility index (Phi) is 4.25. The molecule has 5 rings (SSSR count). The van der Waals surface area contributed by atoms with Gasteiger partial charge in [0.05, 0.1) is 0 Å². The van der Waals surface area contributed by atoms with E-state index < -0.39 is 6.04 Å². The predicted octanol–water partition coefficient (Wildman–Crippen LogP) is 0.902. The van der Waals surface area contributed by atoms with Crippen molar-refractivity contribution in [2.24, 2.45) is 5.73 Å². The summed E-state index contributed by atoms with van der Waals surface area (Å²) in [7, 11) is 0. The van der Waals surface area contributed by atoms with Crippen LogP contribution >= 0.6 is 0 Å². The number of amides is 3. The summed E-state index contributed by atoms with van der Waals surface area (Å²) >= 11 is 0. The number of hydrogen-bond donors (Lipinski definition) is 2. The van der Waals surface area contributed by atoms with E-state index in [2.05, 4.69) is 10.2 Å². The number of benzene rings is 1. The Morgan fingerprint density at radius 1 is 1.07 bits per heavy atom. The van der Waals surface area contributed by atoms with Gasteiger partial charge in [-0.3, -0.25) is 24.6 Å². The highest BCUT2D eigenvalue weighted by molar-refractivity contribution is 6.05. The molecule has 0 radical (unpaired) electrons. The first kappa shape index (κ1) is 17.8. The molecule has 148 valence electrons. The van der Waals surface area contributed by atoms with Crippen LogP contribution < -0.4 is 11.1 Å². The largest absolute Gasteiger partial charge is 0.328 e. The Labute approximate surface area is 164 Å². The molecule has 0 aromatic heterocycles. The maximum atomic E-state index is 13.2. The van der Waals surface area contributed by atoms with Crippen LogP contribution in [0, 0.1) is 0 Å². The molecule has 1 aromatic rings. The number of carbonyl (C=O) groups is 3. The lowest BCUT2D eigenvalue weighted by Crippen LogP contribution is -2.52. The minimum Gasteiger partial charge on any atom is -0.328 e. The molecule has 7 heteroatoms. The first-order chi connectivity index (χ1) is 13.5. The van der Waals surface area contributed by atoms with Gasteiger partial charge in [0.15, 0.2) is 0 Å². The number of carbonyl (C=O) groups excluding carboxylic acids is 3. The van der Waals surface area contributed by atoms with Gasteiger partial charge in [-0.05, 0) is 43.2 Å². The second-order valence-corrected chi connectivity index (χ2v) is 8.64. The topological polar surface area (TPSA) is 95.7 Å². The summed E-state index contributed by atoms with van der Waals surface area (Å²) < 4.78 is 0. The highest BCUT2D eigenvalue weighted by Crippen LogP contribution is 2.38. The van der Waals surface area contributed by atoms with E-state index in [0.29, 0.717) is 31.1 Å². The van der Waals surface area contributed by atoms with Crippen LogP contribution in [0.1, 0.15) is 60.0 Å². The molecule has 4 atom stereocenters. The fourth-order valence-corrected chi connectivity index (χ4v) is 5.59. The second-order valence-electron chi connectivity index (χ2n) is 8.64. The maximum Gasteiger partial charge on any atom is 0.255 e.